The third kappa shape index (κ3) is 3.65. The van der Waals surface area contributed by atoms with Gasteiger partial charge in [-0.15, -0.1) is 0 Å². The molecular formula is C15H22N2O4. The summed E-state index contributed by atoms with van der Waals surface area (Å²) >= 11 is 0. The van der Waals surface area contributed by atoms with Gasteiger partial charge in [0.05, 0.1) is 7.11 Å². The van der Waals surface area contributed by atoms with Crippen molar-refractivity contribution in [1.82, 2.24) is 4.90 Å². The second-order valence-electron chi connectivity index (χ2n) is 5.32. The Bertz CT molecular complexity index is 498. The monoisotopic (exact) mass is 294 g/mol. The van der Waals surface area contributed by atoms with Gasteiger partial charge in [-0.1, -0.05) is 12.1 Å². The molecule has 6 nitrogen and oxygen atoms in total. The molecule has 0 aliphatic carbocycles. The van der Waals surface area contributed by atoms with Crippen LogP contribution in [0.15, 0.2) is 18.2 Å². The van der Waals surface area contributed by atoms with Crippen molar-refractivity contribution in [2.24, 2.45) is 5.73 Å². The summed E-state index contributed by atoms with van der Waals surface area (Å²) in [7, 11) is 3.58. The van der Waals surface area contributed by atoms with Gasteiger partial charge in [0.15, 0.2) is 11.5 Å². The first-order valence-electron chi connectivity index (χ1n) is 7.03. The molecule has 1 unspecified atom stereocenters. The van der Waals surface area contributed by atoms with E-state index in [-0.39, 0.29) is 6.10 Å². The molecule has 1 atom stereocenters. The van der Waals surface area contributed by atoms with Gasteiger partial charge in [0, 0.05) is 18.7 Å². The highest BCUT2D eigenvalue weighted by atomic mass is 16.5. The summed E-state index contributed by atoms with van der Waals surface area (Å²) in [6.07, 6.45) is 2.00. The van der Waals surface area contributed by atoms with E-state index in [4.69, 9.17) is 20.3 Å². The van der Waals surface area contributed by atoms with E-state index in [1.165, 1.54) is 7.11 Å². The molecule has 116 valence electrons. The first kappa shape index (κ1) is 15.6. The molecule has 3 N–H and O–H groups in total. The van der Waals surface area contributed by atoms with E-state index in [1.807, 2.05) is 0 Å². The van der Waals surface area contributed by atoms with Crippen molar-refractivity contribution in [2.75, 3.05) is 27.2 Å². The highest BCUT2D eigenvalue weighted by Gasteiger charge is 2.24. The van der Waals surface area contributed by atoms with Crippen LogP contribution in [0.2, 0.25) is 0 Å². The third-order valence-corrected chi connectivity index (χ3v) is 3.77. The van der Waals surface area contributed by atoms with E-state index >= 15 is 0 Å². The van der Waals surface area contributed by atoms with Gasteiger partial charge >= 0.3 is 5.97 Å². The lowest BCUT2D eigenvalue weighted by Crippen LogP contribution is -2.35. The fourth-order valence-electron chi connectivity index (χ4n) is 2.50. The lowest BCUT2D eigenvalue weighted by molar-refractivity contribution is -0.138. The summed E-state index contributed by atoms with van der Waals surface area (Å²) in [6.45, 7) is 1.97. The van der Waals surface area contributed by atoms with E-state index < -0.39 is 12.0 Å². The van der Waals surface area contributed by atoms with E-state index in [0.717, 1.165) is 25.9 Å². The predicted octanol–water partition coefficient (Wildman–Crippen LogP) is 1.25. The summed E-state index contributed by atoms with van der Waals surface area (Å²) in [5.41, 5.74) is 6.12. The summed E-state index contributed by atoms with van der Waals surface area (Å²) in [4.78, 5) is 13.3. The second-order valence-corrected chi connectivity index (χ2v) is 5.32. The number of nitrogens with two attached hydrogens (primary N) is 1. The number of carboxylic acid groups (broad SMARTS) is 1. The van der Waals surface area contributed by atoms with E-state index in [2.05, 4.69) is 11.9 Å². The molecule has 0 aromatic heterocycles. The lowest BCUT2D eigenvalue weighted by atomic mass is 10.1. The molecule has 0 bridgehead atoms. The molecule has 0 amide bonds. The van der Waals surface area contributed by atoms with Crippen LogP contribution in [0.4, 0.5) is 0 Å². The molecule has 1 fully saturated rings. The van der Waals surface area contributed by atoms with Gasteiger partial charge in [0.25, 0.3) is 0 Å². The highest BCUT2D eigenvalue weighted by Crippen LogP contribution is 2.35. The topological polar surface area (TPSA) is 85.0 Å². The number of aliphatic carboxylic acids is 1. The Labute approximate surface area is 124 Å². The fourth-order valence-corrected chi connectivity index (χ4v) is 2.50. The van der Waals surface area contributed by atoms with Crippen molar-refractivity contribution in [3.8, 4) is 11.5 Å². The minimum absolute atomic E-state index is 0.117. The van der Waals surface area contributed by atoms with Crippen LogP contribution in [-0.2, 0) is 4.79 Å². The Kier molecular flexibility index (Phi) is 5.03. The summed E-state index contributed by atoms with van der Waals surface area (Å²) in [5.74, 6) is -0.127. The van der Waals surface area contributed by atoms with E-state index in [9.17, 15) is 4.79 Å². The van der Waals surface area contributed by atoms with Gasteiger partial charge in [0.2, 0.25) is 0 Å². The number of methoxy groups -OCH3 is 1. The smallest absolute Gasteiger partial charge is 0.325 e. The Morgan fingerprint density at radius 2 is 2.10 bits per heavy atom. The summed E-state index contributed by atoms with van der Waals surface area (Å²) < 4.78 is 11.3. The standard InChI is InChI=1S/C15H22N2O4/c1-17-8-6-10(7-9-17)21-12-5-3-4-11(14(12)20-2)13(16)15(18)19/h3-5,10,13H,6-9,16H2,1-2H3,(H,18,19). The molecule has 1 heterocycles. The minimum Gasteiger partial charge on any atom is -0.492 e. The average molecular weight is 294 g/mol. The molecule has 1 aliphatic heterocycles. The number of rotatable bonds is 5. The van der Waals surface area contributed by atoms with Crippen LogP contribution < -0.4 is 15.2 Å². The molecule has 2 rings (SSSR count). The molecule has 1 saturated heterocycles. The van der Waals surface area contributed by atoms with Crippen LogP contribution in [0, 0.1) is 0 Å². The van der Waals surface area contributed by atoms with Crippen molar-refractivity contribution < 1.29 is 19.4 Å². The van der Waals surface area contributed by atoms with Crippen molar-refractivity contribution in [3.63, 3.8) is 0 Å². The highest BCUT2D eigenvalue weighted by molar-refractivity contribution is 5.77. The van der Waals surface area contributed by atoms with Gasteiger partial charge in [0.1, 0.15) is 12.1 Å². The number of likely N-dealkylation sites (tertiary alicyclic amines) is 1. The Morgan fingerprint density at radius 3 is 2.67 bits per heavy atom. The molecule has 21 heavy (non-hydrogen) atoms. The first-order chi connectivity index (χ1) is 10.0. The van der Waals surface area contributed by atoms with E-state index in [1.54, 1.807) is 18.2 Å². The van der Waals surface area contributed by atoms with Crippen LogP contribution in [0.3, 0.4) is 0 Å². The molecule has 6 heteroatoms. The van der Waals surface area contributed by atoms with Crippen LogP contribution in [-0.4, -0.2) is 49.3 Å². The summed E-state index contributed by atoms with van der Waals surface area (Å²) in [6, 6.07) is 4.06. The number of nitrogens with zero attached hydrogens (tertiary/aromatic N) is 1. The molecule has 0 radical (unpaired) electrons. The number of hydrogen-bond acceptors (Lipinski definition) is 5. The SMILES string of the molecule is COc1c(OC2CCN(C)CC2)cccc1C(N)C(=O)O. The van der Waals surface area contributed by atoms with E-state index in [0.29, 0.717) is 17.1 Å². The minimum atomic E-state index is -1.12. The quantitative estimate of drug-likeness (QED) is 0.850. The van der Waals surface area contributed by atoms with Gasteiger partial charge < -0.3 is 25.2 Å². The number of benzene rings is 1. The van der Waals surface area contributed by atoms with Crippen molar-refractivity contribution in [2.45, 2.75) is 25.0 Å². The normalized spacial score (nSPS) is 18.2. The zero-order valence-electron chi connectivity index (χ0n) is 12.4. The van der Waals surface area contributed by atoms with Gasteiger partial charge in [-0.3, -0.25) is 4.79 Å². The number of ether oxygens (including phenoxy) is 2. The molecule has 1 aliphatic rings. The van der Waals surface area contributed by atoms with Crippen molar-refractivity contribution >= 4 is 5.97 Å². The average Bonchev–Trinajstić information content (AvgIpc) is 2.48. The number of hydrogen-bond donors (Lipinski definition) is 2. The Hall–Kier alpha value is -1.79. The van der Waals surface area contributed by atoms with Crippen molar-refractivity contribution in [3.05, 3.63) is 23.8 Å². The van der Waals surface area contributed by atoms with Crippen molar-refractivity contribution in [1.29, 1.82) is 0 Å². The molecular weight excluding hydrogens is 272 g/mol. The third-order valence-electron chi connectivity index (χ3n) is 3.77. The Balaban J connectivity index is 2.19. The number of para-hydroxylation sites is 1. The molecule has 0 saturated carbocycles. The number of carbonyl (C=O) groups is 1. The van der Waals surface area contributed by atoms with Gasteiger partial charge in [-0.2, -0.15) is 0 Å². The molecule has 0 spiro atoms. The van der Waals surface area contributed by atoms with Gasteiger partial charge in [-0.25, -0.2) is 0 Å². The Morgan fingerprint density at radius 1 is 1.43 bits per heavy atom. The fraction of sp³-hybridized carbons (Fsp3) is 0.533. The largest absolute Gasteiger partial charge is 0.492 e. The van der Waals surface area contributed by atoms with Crippen LogP contribution in [0.5, 0.6) is 11.5 Å². The molecule has 1 aromatic carbocycles. The predicted molar refractivity (Wildman–Crippen MR) is 78.7 cm³/mol. The number of piperidine rings is 1. The maximum Gasteiger partial charge on any atom is 0.325 e. The number of carboxylic acids is 1. The van der Waals surface area contributed by atoms with Crippen LogP contribution in [0.25, 0.3) is 0 Å². The summed E-state index contributed by atoms with van der Waals surface area (Å²) in [5, 5.41) is 9.07. The first-order valence-corrected chi connectivity index (χ1v) is 7.03. The zero-order chi connectivity index (χ0) is 15.4. The van der Waals surface area contributed by atoms with Crippen LogP contribution in [0.1, 0.15) is 24.4 Å². The zero-order valence-corrected chi connectivity index (χ0v) is 12.4. The van der Waals surface area contributed by atoms with Gasteiger partial charge in [-0.05, 0) is 26.0 Å². The van der Waals surface area contributed by atoms with Crippen LogP contribution >= 0.6 is 0 Å². The maximum absolute atomic E-state index is 11.1. The lowest BCUT2D eigenvalue weighted by Gasteiger charge is -2.30. The second kappa shape index (κ2) is 6.78. The molecule has 1 aromatic rings. The maximum atomic E-state index is 11.1.